The standard InChI is InChI=1S/C21H15Cl2F2N5O/c1-10-20-27-19(21(31)29-8-3-9-29)28-30(20)14-7-6-11(22)17(23)16(14)18(26-10)15-12(24)4-2-5-13(15)25/h2,4-7,10H,3,8-9H2,1H3/t10-/m0/s1. The predicted molar refractivity (Wildman–Crippen MR) is 112 cm³/mol. The number of hydrogen-bond donors (Lipinski definition) is 0. The van der Waals surface area contributed by atoms with Crippen molar-refractivity contribution in [1.82, 2.24) is 19.7 Å². The van der Waals surface area contributed by atoms with E-state index in [1.165, 1.54) is 10.7 Å². The minimum absolute atomic E-state index is 0.00789. The number of halogens is 4. The molecule has 0 radical (unpaired) electrons. The number of carbonyl (C=O) groups is 1. The fourth-order valence-corrected chi connectivity index (χ4v) is 4.10. The van der Waals surface area contributed by atoms with E-state index in [1.54, 1.807) is 24.0 Å². The summed E-state index contributed by atoms with van der Waals surface area (Å²) in [6, 6.07) is 6.07. The Morgan fingerprint density at radius 2 is 1.81 bits per heavy atom. The van der Waals surface area contributed by atoms with E-state index in [2.05, 4.69) is 15.1 Å². The summed E-state index contributed by atoms with van der Waals surface area (Å²) in [4.78, 5) is 23.3. The normalized spacial score (nSPS) is 17.4. The number of benzene rings is 2. The first kappa shape index (κ1) is 20.1. The molecule has 31 heavy (non-hydrogen) atoms. The van der Waals surface area contributed by atoms with Crippen LogP contribution in [0.4, 0.5) is 8.78 Å². The summed E-state index contributed by atoms with van der Waals surface area (Å²) in [5, 5.41) is 4.67. The molecule has 0 N–H and O–H groups in total. The van der Waals surface area contributed by atoms with Crippen molar-refractivity contribution in [3.8, 4) is 5.69 Å². The Balaban J connectivity index is 1.76. The Labute approximate surface area is 186 Å². The average Bonchev–Trinajstić information content (AvgIpc) is 3.09. The number of fused-ring (bicyclic) bond motifs is 3. The van der Waals surface area contributed by atoms with E-state index in [0.29, 0.717) is 24.6 Å². The summed E-state index contributed by atoms with van der Waals surface area (Å²) < 4.78 is 30.8. The van der Waals surface area contributed by atoms with Crippen LogP contribution in [0.25, 0.3) is 5.69 Å². The molecule has 1 fully saturated rings. The van der Waals surface area contributed by atoms with Gasteiger partial charge in [0.1, 0.15) is 17.7 Å². The third-order valence-electron chi connectivity index (χ3n) is 5.40. The van der Waals surface area contributed by atoms with Crippen molar-refractivity contribution in [2.75, 3.05) is 13.1 Å². The maximum Gasteiger partial charge on any atom is 0.293 e. The second-order valence-corrected chi connectivity index (χ2v) is 8.14. The molecule has 3 heterocycles. The monoisotopic (exact) mass is 461 g/mol. The van der Waals surface area contributed by atoms with Gasteiger partial charge in [0.15, 0.2) is 5.82 Å². The maximum absolute atomic E-state index is 14.7. The van der Waals surface area contributed by atoms with Crippen molar-refractivity contribution in [3.63, 3.8) is 0 Å². The highest BCUT2D eigenvalue weighted by atomic mass is 35.5. The Bertz CT molecular complexity index is 1250. The molecule has 0 bridgehead atoms. The summed E-state index contributed by atoms with van der Waals surface area (Å²) >= 11 is 12.7. The van der Waals surface area contributed by atoms with Crippen molar-refractivity contribution in [3.05, 3.63) is 74.8 Å². The molecular weight excluding hydrogens is 447 g/mol. The average molecular weight is 462 g/mol. The van der Waals surface area contributed by atoms with Crippen LogP contribution in [-0.2, 0) is 0 Å². The van der Waals surface area contributed by atoms with Gasteiger partial charge >= 0.3 is 0 Å². The molecule has 10 heteroatoms. The molecule has 1 atom stereocenters. The van der Waals surface area contributed by atoms with E-state index in [9.17, 15) is 13.6 Å². The zero-order valence-electron chi connectivity index (χ0n) is 16.2. The third kappa shape index (κ3) is 3.13. The lowest BCUT2D eigenvalue weighted by Gasteiger charge is -2.29. The van der Waals surface area contributed by atoms with E-state index in [0.717, 1.165) is 18.6 Å². The fraction of sp³-hybridized carbons (Fsp3) is 0.238. The molecule has 1 aromatic heterocycles. The number of rotatable bonds is 2. The van der Waals surface area contributed by atoms with Crippen LogP contribution in [0.15, 0.2) is 35.3 Å². The van der Waals surface area contributed by atoms with Gasteiger partial charge < -0.3 is 4.90 Å². The number of aliphatic imine (C=N–C) groups is 1. The third-order valence-corrected chi connectivity index (χ3v) is 6.20. The van der Waals surface area contributed by atoms with Crippen LogP contribution in [0.3, 0.4) is 0 Å². The van der Waals surface area contributed by atoms with Crippen molar-refractivity contribution < 1.29 is 13.6 Å². The summed E-state index contributed by atoms with van der Waals surface area (Å²) in [5.74, 6) is -1.45. The fourth-order valence-electron chi connectivity index (χ4n) is 3.69. The molecule has 0 aliphatic carbocycles. The van der Waals surface area contributed by atoms with Crippen LogP contribution in [0, 0.1) is 11.6 Å². The quantitative estimate of drug-likeness (QED) is 0.559. The van der Waals surface area contributed by atoms with Crippen molar-refractivity contribution >= 4 is 34.8 Å². The van der Waals surface area contributed by atoms with Gasteiger partial charge in [-0.3, -0.25) is 9.79 Å². The summed E-state index contributed by atoms with van der Waals surface area (Å²) in [6.07, 6.45) is 0.939. The highest BCUT2D eigenvalue weighted by Crippen LogP contribution is 2.38. The molecule has 2 aliphatic rings. The van der Waals surface area contributed by atoms with Crippen LogP contribution >= 0.6 is 23.2 Å². The second kappa shape index (κ2) is 7.39. The Morgan fingerprint density at radius 3 is 2.45 bits per heavy atom. The van der Waals surface area contributed by atoms with Gasteiger partial charge in [0.25, 0.3) is 5.91 Å². The zero-order valence-corrected chi connectivity index (χ0v) is 17.8. The Morgan fingerprint density at radius 1 is 1.10 bits per heavy atom. The SMILES string of the molecule is C[C@@H]1N=C(c2c(F)cccc2F)c2c(ccc(Cl)c2Cl)-n2nc(C(=O)N3CCC3)nc21. The van der Waals surface area contributed by atoms with Crippen LogP contribution in [0.1, 0.15) is 47.0 Å². The lowest BCUT2D eigenvalue weighted by Crippen LogP contribution is -2.42. The first-order valence-electron chi connectivity index (χ1n) is 9.64. The molecule has 5 rings (SSSR count). The van der Waals surface area contributed by atoms with Gasteiger partial charge in [-0.15, -0.1) is 5.10 Å². The summed E-state index contributed by atoms with van der Waals surface area (Å²) in [7, 11) is 0. The number of carbonyl (C=O) groups excluding carboxylic acids is 1. The molecule has 6 nitrogen and oxygen atoms in total. The van der Waals surface area contributed by atoms with Crippen molar-refractivity contribution in [1.29, 1.82) is 0 Å². The van der Waals surface area contributed by atoms with Crippen LogP contribution in [-0.4, -0.2) is 44.4 Å². The highest BCUT2D eigenvalue weighted by Gasteiger charge is 2.33. The van der Waals surface area contributed by atoms with Gasteiger partial charge in [0, 0.05) is 18.7 Å². The summed E-state index contributed by atoms with van der Waals surface area (Å²) in [5.41, 5.74) is 0.290. The minimum Gasteiger partial charge on any atom is -0.336 e. The van der Waals surface area contributed by atoms with E-state index < -0.39 is 17.7 Å². The lowest BCUT2D eigenvalue weighted by atomic mass is 9.99. The second-order valence-electron chi connectivity index (χ2n) is 7.36. The molecule has 158 valence electrons. The molecule has 0 unspecified atom stereocenters. The van der Waals surface area contributed by atoms with Crippen LogP contribution in [0.5, 0.6) is 0 Å². The number of amides is 1. The van der Waals surface area contributed by atoms with E-state index in [-0.39, 0.29) is 38.6 Å². The molecule has 0 spiro atoms. The maximum atomic E-state index is 14.7. The Hall–Kier alpha value is -2.84. The van der Waals surface area contributed by atoms with Gasteiger partial charge in [-0.1, -0.05) is 29.3 Å². The number of likely N-dealkylation sites (tertiary alicyclic amines) is 1. The van der Waals surface area contributed by atoms with Gasteiger partial charge in [-0.05, 0) is 37.6 Å². The molecule has 0 saturated carbocycles. The van der Waals surface area contributed by atoms with Gasteiger partial charge in [0.2, 0.25) is 5.82 Å². The zero-order chi connectivity index (χ0) is 21.9. The van der Waals surface area contributed by atoms with Crippen molar-refractivity contribution in [2.24, 2.45) is 4.99 Å². The number of aromatic nitrogens is 3. The molecule has 3 aromatic rings. The largest absolute Gasteiger partial charge is 0.336 e. The smallest absolute Gasteiger partial charge is 0.293 e. The van der Waals surface area contributed by atoms with Gasteiger partial charge in [-0.25, -0.2) is 18.4 Å². The molecular formula is C21H15Cl2F2N5O. The number of nitrogens with zero attached hydrogens (tertiary/aromatic N) is 5. The van der Waals surface area contributed by atoms with E-state index in [4.69, 9.17) is 23.2 Å². The van der Waals surface area contributed by atoms with Gasteiger partial charge in [0.05, 0.1) is 27.0 Å². The highest BCUT2D eigenvalue weighted by molar-refractivity contribution is 6.45. The van der Waals surface area contributed by atoms with Crippen LogP contribution < -0.4 is 0 Å². The van der Waals surface area contributed by atoms with E-state index >= 15 is 0 Å². The van der Waals surface area contributed by atoms with E-state index in [1.807, 2.05) is 0 Å². The van der Waals surface area contributed by atoms with Crippen molar-refractivity contribution in [2.45, 2.75) is 19.4 Å². The van der Waals surface area contributed by atoms with Gasteiger partial charge in [-0.2, -0.15) is 0 Å². The first-order valence-corrected chi connectivity index (χ1v) is 10.4. The molecule has 2 aliphatic heterocycles. The topological polar surface area (TPSA) is 63.4 Å². The minimum atomic E-state index is -0.783. The predicted octanol–water partition coefficient (Wildman–Crippen LogP) is 4.61. The lowest BCUT2D eigenvalue weighted by molar-refractivity contribution is 0.0639. The van der Waals surface area contributed by atoms with Crippen LogP contribution in [0.2, 0.25) is 10.0 Å². The molecule has 1 amide bonds. The Kier molecular flexibility index (Phi) is 4.79. The number of hydrogen-bond acceptors (Lipinski definition) is 4. The molecule has 2 aromatic carbocycles. The summed E-state index contributed by atoms with van der Waals surface area (Å²) in [6.45, 7) is 3.02. The molecule has 1 saturated heterocycles. The first-order chi connectivity index (χ1) is 14.9.